The fourth-order valence-corrected chi connectivity index (χ4v) is 1.63. The van der Waals surface area contributed by atoms with Gasteiger partial charge in [0.2, 0.25) is 0 Å². The second-order valence-electron chi connectivity index (χ2n) is 4.06. The molecule has 0 aliphatic carbocycles. The van der Waals surface area contributed by atoms with Gasteiger partial charge in [0.25, 0.3) is 0 Å². The van der Waals surface area contributed by atoms with Crippen molar-refractivity contribution in [2.45, 2.75) is 13.8 Å². The van der Waals surface area contributed by atoms with Crippen molar-refractivity contribution in [2.24, 2.45) is 0 Å². The van der Waals surface area contributed by atoms with E-state index in [1.165, 1.54) is 0 Å². The highest BCUT2D eigenvalue weighted by Gasteiger charge is 2.01. The summed E-state index contributed by atoms with van der Waals surface area (Å²) in [7, 11) is 0. The first kappa shape index (κ1) is 13.5. The molecule has 0 unspecified atom stereocenters. The summed E-state index contributed by atoms with van der Waals surface area (Å²) in [6, 6.07) is 5.91. The Labute approximate surface area is 103 Å². The lowest BCUT2D eigenvalue weighted by Crippen LogP contribution is -2.30. The molecule has 4 heteroatoms. The Bertz CT molecular complexity index is 366. The molecule has 0 heterocycles. The lowest BCUT2D eigenvalue weighted by atomic mass is 10.2. The van der Waals surface area contributed by atoms with E-state index in [4.69, 9.17) is 5.73 Å². The molecule has 0 radical (unpaired) electrons. The normalized spacial score (nSPS) is 10.5. The minimum atomic E-state index is 0.499. The number of hydrogen-bond acceptors (Lipinski definition) is 4. The Balaban J connectivity index is 2.39. The first-order valence-corrected chi connectivity index (χ1v) is 5.93. The number of nitrogens with two attached hydrogens (primary N) is 1. The second kappa shape index (κ2) is 6.91. The van der Waals surface area contributed by atoms with Crippen LogP contribution >= 0.6 is 0 Å². The molecule has 0 aliphatic rings. The summed E-state index contributed by atoms with van der Waals surface area (Å²) in [5.74, 6) is 0. The number of likely N-dealkylation sites (N-methyl/N-ethyl adjacent to an activating group) is 1. The fourth-order valence-electron chi connectivity index (χ4n) is 1.63. The summed E-state index contributed by atoms with van der Waals surface area (Å²) >= 11 is 0. The highest BCUT2D eigenvalue weighted by molar-refractivity contribution is 5.56. The van der Waals surface area contributed by atoms with Crippen molar-refractivity contribution in [3.8, 4) is 0 Å². The Morgan fingerprint density at radius 2 is 2.24 bits per heavy atom. The van der Waals surface area contributed by atoms with Gasteiger partial charge in [-0.3, -0.25) is 4.90 Å². The third-order valence-corrected chi connectivity index (χ3v) is 2.81. The molecule has 1 aromatic carbocycles. The number of aldehydes is 1. The molecule has 0 spiro atoms. The molecule has 1 aromatic rings. The van der Waals surface area contributed by atoms with Crippen LogP contribution in [-0.4, -0.2) is 37.4 Å². The van der Waals surface area contributed by atoms with Crippen molar-refractivity contribution < 1.29 is 4.79 Å². The Hall–Kier alpha value is -1.55. The minimum absolute atomic E-state index is 0.499. The van der Waals surface area contributed by atoms with Gasteiger partial charge in [-0.25, -0.2) is 0 Å². The number of nitrogens with zero attached hydrogens (tertiary/aromatic N) is 1. The quantitative estimate of drug-likeness (QED) is 0.555. The summed E-state index contributed by atoms with van der Waals surface area (Å²) in [5.41, 5.74) is 8.71. The van der Waals surface area contributed by atoms with Gasteiger partial charge in [-0.1, -0.05) is 6.92 Å². The van der Waals surface area contributed by atoms with E-state index in [0.29, 0.717) is 6.54 Å². The highest BCUT2D eigenvalue weighted by atomic mass is 16.1. The number of nitrogens with one attached hydrogen (secondary N) is 1. The fraction of sp³-hybridized carbons (Fsp3) is 0.462. The third-order valence-electron chi connectivity index (χ3n) is 2.81. The Kier molecular flexibility index (Phi) is 5.49. The second-order valence-corrected chi connectivity index (χ2v) is 4.06. The maximum Gasteiger partial charge on any atom is 0.133 e. The van der Waals surface area contributed by atoms with Gasteiger partial charge in [0.15, 0.2) is 0 Å². The zero-order valence-corrected chi connectivity index (χ0v) is 10.6. The maximum absolute atomic E-state index is 10.4. The Morgan fingerprint density at radius 1 is 1.47 bits per heavy atom. The van der Waals surface area contributed by atoms with Crippen LogP contribution in [0.25, 0.3) is 0 Å². The number of carbonyl (C=O) groups is 1. The average molecular weight is 235 g/mol. The number of hydrogen-bond donors (Lipinski definition) is 2. The van der Waals surface area contributed by atoms with Crippen molar-refractivity contribution >= 4 is 17.7 Å². The van der Waals surface area contributed by atoms with E-state index in [1.807, 2.05) is 25.1 Å². The summed E-state index contributed by atoms with van der Waals surface area (Å²) in [6.45, 7) is 7.12. The van der Waals surface area contributed by atoms with E-state index < -0.39 is 0 Å². The van der Waals surface area contributed by atoms with E-state index >= 15 is 0 Å². The van der Waals surface area contributed by atoms with Crippen LogP contribution < -0.4 is 11.1 Å². The van der Waals surface area contributed by atoms with Crippen LogP contribution in [0.3, 0.4) is 0 Å². The zero-order chi connectivity index (χ0) is 12.7. The molecule has 0 saturated heterocycles. The summed E-state index contributed by atoms with van der Waals surface area (Å²) in [6.07, 6.45) is 0.941. The van der Waals surface area contributed by atoms with Gasteiger partial charge in [0, 0.05) is 24.5 Å². The SMILES string of the molecule is CCN(CC=O)CCNc1ccc(N)c(C)c1. The van der Waals surface area contributed by atoms with Gasteiger partial charge in [0.1, 0.15) is 6.29 Å². The standard InChI is InChI=1S/C13H21N3O/c1-3-16(8-9-17)7-6-15-12-4-5-13(14)11(2)10-12/h4-5,9-10,15H,3,6-8,14H2,1-2H3. The van der Waals surface area contributed by atoms with Crippen molar-refractivity contribution in [3.05, 3.63) is 23.8 Å². The van der Waals surface area contributed by atoms with Crippen LogP contribution in [-0.2, 0) is 4.79 Å². The first-order chi connectivity index (χ1) is 8.17. The summed E-state index contributed by atoms with van der Waals surface area (Å²) in [4.78, 5) is 12.5. The molecule has 0 bridgehead atoms. The largest absolute Gasteiger partial charge is 0.399 e. The smallest absolute Gasteiger partial charge is 0.133 e. The lowest BCUT2D eigenvalue weighted by molar-refractivity contribution is -0.108. The number of carbonyl (C=O) groups excluding carboxylic acids is 1. The maximum atomic E-state index is 10.4. The molecule has 0 amide bonds. The lowest BCUT2D eigenvalue weighted by Gasteiger charge is -2.18. The van der Waals surface area contributed by atoms with Gasteiger partial charge in [-0.05, 0) is 37.2 Å². The number of nitrogen functional groups attached to an aromatic ring is 1. The Morgan fingerprint density at radius 3 is 2.82 bits per heavy atom. The van der Waals surface area contributed by atoms with Crippen molar-refractivity contribution in [1.29, 1.82) is 0 Å². The average Bonchev–Trinajstić information content (AvgIpc) is 2.32. The molecule has 17 heavy (non-hydrogen) atoms. The minimum Gasteiger partial charge on any atom is -0.399 e. The molecule has 0 fully saturated rings. The number of aryl methyl sites for hydroxylation is 1. The molecule has 0 aliphatic heterocycles. The summed E-state index contributed by atoms with van der Waals surface area (Å²) in [5, 5.41) is 3.32. The highest BCUT2D eigenvalue weighted by Crippen LogP contribution is 2.16. The van der Waals surface area contributed by atoms with Gasteiger partial charge in [-0.15, -0.1) is 0 Å². The van der Waals surface area contributed by atoms with Gasteiger partial charge >= 0.3 is 0 Å². The molecular formula is C13H21N3O. The van der Waals surface area contributed by atoms with Gasteiger partial charge < -0.3 is 15.8 Å². The topological polar surface area (TPSA) is 58.4 Å². The van der Waals surface area contributed by atoms with E-state index in [2.05, 4.69) is 17.1 Å². The number of anilines is 2. The summed E-state index contributed by atoms with van der Waals surface area (Å²) < 4.78 is 0. The van der Waals surface area contributed by atoms with E-state index in [0.717, 1.165) is 42.9 Å². The van der Waals surface area contributed by atoms with Crippen LogP contribution in [0.4, 0.5) is 11.4 Å². The zero-order valence-electron chi connectivity index (χ0n) is 10.6. The monoisotopic (exact) mass is 235 g/mol. The van der Waals surface area contributed by atoms with Crippen LogP contribution in [0, 0.1) is 6.92 Å². The van der Waals surface area contributed by atoms with Crippen LogP contribution in [0.15, 0.2) is 18.2 Å². The molecule has 0 aromatic heterocycles. The van der Waals surface area contributed by atoms with E-state index in [9.17, 15) is 4.79 Å². The van der Waals surface area contributed by atoms with Crippen molar-refractivity contribution in [3.63, 3.8) is 0 Å². The molecule has 1 rings (SSSR count). The molecular weight excluding hydrogens is 214 g/mol. The first-order valence-electron chi connectivity index (χ1n) is 5.93. The van der Waals surface area contributed by atoms with E-state index in [1.54, 1.807) is 0 Å². The van der Waals surface area contributed by atoms with Crippen molar-refractivity contribution in [1.82, 2.24) is 4.90 Å². The van der Waals surface area contributed by atoms with Crippen molar-refractivity contribution in [2.75, 3.05) is 37.2 Å². The molecule has 4 nitrogen and oxygen atoms in total. The molecule has 94 valence electrons. The van der Waals surface area contributed by atoms with Crippen LogP contribution in [0.2, 0.25) is 0 Å². The predicted octanol–water partition coefficient (Wildman–Crippen LogP) is 1.51. The predicted molar refractivity (Wildman–Crippen MR) is 72.3 cm³/mol. The van der Waals surface area contributed by atoms with E-state index in [-0.39, 0.29) is 0 Å². The molecule has 0 saturated carbocycles. The van der Waals surface area contributed by atoms with Crippen LogP contribution in [0.5, 0.6) is 0 Å². The number of benzene rings is 1. The third kappa shape index (κ3) is 4.44. The number of rotatable bonds is 7. The van der Waals surface area contributed by atoms with Crippen LogP contribution in [0.1, 0.15) is 12.5 Å². The van der Waals surface area contributed by atoms with Gasteiger partial charge in [-0.2, -0.15) is 0 Å². The molecule has 0 atom stereocenters. The van der Waals surface area contributed by atoms with Gasteiger partial charge in [0.05, 0.1) is 6.54 Å². The molecule has 3 N–H and O–H groups in total.